The molecular formula is C37H39GeO3PS. The minimum atomic E-state index is -3.33. The van der Waals surface area contributed by atoms with Crippen molar-refractivity contribution in [3.8, 4) is 5.75 Å². The van der Waals surface area contributed by atoms with Crippen LogP contribution in [0.4, 0.5) is 0 Å². The second-order valence-corrected chi connectivity index (χ2v) is 22.7. The van der Waals surface area contributed by atoms with Crippen LogP contribution in [0.25, 0.3) is 0 Å². The first-order valence-electron chi connectivity index (χ1n) is 14.9. The van der Waals surface area contributed by atoms with Crippen molar-refractivity contribution in [2.24, 2.45) is 0 Å². The molecule has 0 fully saturated rings. The van der Waals surface area contributed by atoms with Gasteiger partial charge in [0.05, 0.1) is 0 Å². The van der Waals surface area contributed by atoms with Crippen molar-refractivity contribution in [3.05, 3.63) is 157 Å². The van der Waals surface area contributed by atoms with E-state index >= 15 is 0 Å². The van der Waals surface area contributed by atoms with Crippen molar-refractivity contribution >= 4 is 45.0 Å². The molecule has 6 heteroatoms. The van der Waals surface area contributed by atoms with Crippen LogP contribution in [0, 0.1) is 6.92 Å². The SMILES string of the molecule is CCOP(=S)(Oc1ccccc1C)OC(C[CH](C)[Ge]([c]1ccccc1)([c]1ccccc1)[c]1ccccc1)c1ccccc1. The Morgan fingerprint density at radius 3 is 1.56 bits per heavy atom. The summed E-state index contributed by atoms with van der Waals surface area (Å²) >= 11 is 2.78. The molecule has 0 N–H and O–H groups in total. The molecular weight excluding hydrogens is 628 g/mol. The van der Waals surface area contributed by atoms with Crippen LogP contribution >= 0.6 is 6.72 Å². The number of benzene rings is 5. The van der Waals surface area contributed by atoms with Gasteiger partial charge in [0.2, 0.25) is 0 Å². The Morgan fingerprint density at radius 2 is 1.09 bits per heavy atom. The molecule has 0 saturated carbocycles. The molecule has 5 aromatic carbocycles. The van der Waals surface area contributed by atoms with Crippen LogP contribution in [-0.2, 0) is 20.9 Å². The van der Waals surface area contributed by atoms with E-state index in [1.165, 1.54) is 13.2 Å². The van der Waals surface area contributed by atoms with Crippen LogP contribution in [-0.4, -0.2) is 19.9 Å². The van der Waals surface area contributed by atoms with E-state index in [1.54, 1.807) is 0 Å². The molecule has 3 atom stereocenters. The predicted molar refractivity (Wildman–Crippen MR) is 186 cm³/mol. The molecule has 0 aliphatic heterocycles. The molecule has 0 aliphatic rings. The summed E-state index contributed by atoms with van der Waals surface area (Å²) < 4.78 is 24.0. The molecule has 5 aromatic rings. The number of aryl methyl sites for hydroxylation is 1. The zero-order valence-electron chi connectivity index (χ0n) is 25.0. The summed E-state index contributed by atoms with van der Waals surface area (Å²) in [6.07, 6.45) is 0.435. The van der Waals surface area contributed by atoms with Gasteiger partial charge in [0.25, 0.3) is 0 Å². The van der Waals surface area contributed by atoms with E-state index in [2.05, 4.69) is 122 Å². The van der Waals surface area contributed by atoms with Crippen molar-refractivity contribution in [1.82, 2.24) is 0 Å². The molecule has 5 rings (SSSR count). The van der Waals surface area contributed by atoms with E-state index < -0.39 is 20.0 Å². The molecule has 220 valence electrons. The standard InChI is InChI=1S/C37H39GeO3PS/c1-4-39-42(43,40-36-28-18-17-19-30(36)2)41-37(32-20-9-5-10-21-32)29-31(3)38(33-22-11-6-12-23-33,34-24-13-7-14-25-34)35-26-15-8-16-27-35/h5-28,31,37H,4,29H2,1-3H3. The molecule has 0 bridgehead atoms. The van der Waals surface area contributed by atoms with Crippen LogP contribution in [0.3, 0.4) is 0 Å². The van der Waals surface area contributed by atoms with Crippen LogP contribution in [0.2, 0.25) is 4.75 Å². The second-order valence-electron chi connectivity index (χ2n) is 10.8. The zero-order valence-corrected chi connectivity index (χ0v) is 28.8. The normalized spacial score (nSPS) is 14.4. The maximum absolute atomic E-state index is 6.91. The second kappa shape index (κ2) is 14.7. The summed E-state index contributed by atoms with van der Waals surface area (Å²) in [5, 5.41) is 0. The Morgan fingerprint density at radius 1 is 0.651 bits per heavy atom. The van der Waals surface area contributed by atoms with E-state index in [9.17, 15) is 0 Å². The molecule has 0 amide bonds. The third-order valence-corrected chi connectivity index (χ3v) is 21.7. The van der Waals surface area contributed by atoms with Gasteiger partial charge in [0.1, 0.15) is 0 Å². The number of hydrogen-bond acceptors (Lipinski definition) is 4. The summed E-state index contributed by atoms with van der Waals surface area (Å²) in [5.74, 6) is 0.698. The first-order valence-corrected chi connectivity index (χ1v) is 21.8. The van der Waals surface area contributed by atoms with Gasteiger partial charge in [-0.2, -0.15) is 0 Å². The van der Waals surface area contributed by atoms with Gasteiger partial charge in [0, 0.05) is 0 Å². The van der Waals surface area contributed by atoms with Crippen molar-refractivity contribution in [2.75, 3.05) is 6.61 Å². The van der Waals surface area contributed by atoms with Crippen LogP contribution in [0.5, 0.6) is 5.75 Å². The number of para-hydroxylation sites is 1. The molecule has 3 nitrogen and oxygen atoms in total. The topological polar surface area (TPSA) is 27.7 Å². The summed E-state index contributed by atoms with van der Waals surface area (Å²) in [7, 11) is 0. The van der Waals surface area contributed by atoms with Gasteiger partial charge < -0.3 is 0 Å². The first kappa shape index (κ1) is 31.4. The Hall–Kier alpha value is -2.99. The third kappa shape index (κ3) is 7.22. The Kier molecular flexibility index (Phi) is 10.7. The molecule has 0 saturated heterocycles. The van der Waals surface area contributed by atoms with Crippen LogP contribution < -0.4 is 17.7 Å². The van der Waals surface area contributed by atoms with Crippen molar-refractivity contribution in [2.45, 2.75) is 38.0 Å². The summed E-state index contributed by atoms with van der Waals surface area (Å²) in [5.41, 5.74) is 2.07. The van der Waals surface area contributed by atoms with Crippen molar-refractivity contribution in [1.29, 1.82) is 0 Å². The molecule has 0 aliphatic carbocycles. The summed E-state index contributed by atoms with van der Waals surface area (Å²) in [6, 6.07) is 51.5. The minimum absolute atomic E-state index is 0.265. The van der Waals surface area contributed by atoms with Crippen LogP contribution in [0.1, 0.15) is 37.5 Å². The first-order chi connectivity index (χ1) is 21.0. The van der Waals surface area contributed by atoms with E-state index in [4.69, 9.17) is 25.4 Å². The monoisotopic (exact) mass is 668 g/mol. The Balaban J connectivity index is 1.62. The molecule has 0 aromatic heterocycles. The van der Waals surface area contributed by atoms with Gasteiger partial charge in [-0.15, -0.1) is 0 Å². The van der Waals surface area contributed by atoms with Crippen LogP contribution in [0.15, 0.2) is 146 Å². The van der Waals surface area contributed by atoms with Crippen molar-refractivity contribution in [3.63, 3.8) is 0 Å². The van der Waals surface area contributed by atoms with E-state index in [1.807, 2.05) is 44.2 Å². The molecule has 0 radical (unpaired) electrons. The predicted octanol–water partition coefficient (Wildman–Crippen LogP) is 8.34. The van der Waals surface area contributed by atoms with Gasteiger partial charge in [-0.25, -0.2) is 0 Å². The quantitative estimate of drug-likeness (QED) is 0.0933. The number of rotatable bonds is 13. The van der Waals surface area contributed by atoms with Gasteiger partial charge in [-0.3, -0.25) is 0 Å². The molecule has 3 unspecified atom stereocenters. The molecule has 43 heavy (non-hydrogen) atoms. The fourth-order valence-corrected chi connectivity index (χ4v) is 19.7. The average Bonchev–Trinajstić information content (AvgIpc) is 3.04. The Bertz CT molecular complexity index is 1520. The van der Waals surface area contributed by atoms with Gasteiger partial charge in [-0.1, -0.05) is 0 Å². The molecule has 0 heterocycles. The van der Waals surface area contributed by atoms with E-state index in [0.29, 0.717) is 12.4 Å². The van der Waals surface area contributed by atoms with Gasteiger partial charge in [0.15, 0.2) is 0 Å². The van der Waals surface area contributed by atoms with Gasteiger partial charge in [-0.05, 0) is 0 Å². The summed E-state index contributed by atoms with van der Waals surface area (Å²) in [4.78, 5) is 0. The number of hydrogen-bond donors (Lipinski definition) is 0. The van der Waals surface area contributed by atoms with E-state index in [0.717, 1.165) is 17.5 Å². The maximum atomic E-state index is 6.91. The Labute approximate surface area is 264 Å². The average molecular weight is 667 g/mol. The van der Waals surface area contributed by atoms with Gasteiger partial charge >= 0.3 is 266 Å². The third-order valence-electron chi connectivity index (χ3n) is 8.01. The summed E-state index contributed by atoms with van der Waals surface area (Å²) in [6.45, 7) is 3.59. The van der Waals surface area contributed by atoms with E-state index in [-0.39, 0.29) is 10.9 Å². The van der Waals surface area contributed by atoms with Crippen molar-refractivity contribution < 1.29 is 13.6 Å². The fourth-order valence-electron chi connectivity index (χ4n) is 6.03. The zero-order chi connectivity index (χ0) is 30.1. The molecule has 0 spiro atoms. The fraction of sp³-hybridized carbons (Fsp3) is 0.189.